The lowest BCUT2D eigenvalue weighted by molar-refractivity contribution is -0.121. The number of morpholine rings is 1. The summed E-state index contributed by atoms with van der Waals surface area (Å²) < 4.78 is 38.1. The maximum absolute atomic E-state index is 13.0. The van der Waals surface area contributed by atoms with Crippen LogP contribution in [0.15, 0.2) is 41.3 Å². The Bertz CT molecular complexity index is 1060. The number of rotatable bonds is 8. The second-order valence-corrected chi connectivity index (χ2v) is 10.1. The maximum Gasteiger partial charge on any atom is 0.243 e. The third-order valence-corrected chi connectivity index (χ3v) is 7.78. The quantitative estimate of drug-likeness (QED) is 0.654. The van der Waals surface area contributed by atoms with Crippen molar-refractivity contribution >= 4 is 15.9 Å². The molecule has 1 heterocycles. The molecule has 1 aliphatic heterocycles. The Balaban J connectivity index is 1.68. The summed E-state index contributed by atoms with van der Waals surface area (Å²) in [5, 5.41) is 3.03. The molecule has 2 aromatic carbocycles. The van der Waals surface area contributed by atoms with Gasteiger partial charge in [0, 0.05) is 19.5 Å². The molecule has 174 valence electrons. The van der Waals surface area contributed by atoms with E-state index in [0.717, 1.165) is 5.56 Å². The Hall–Kier alpha value is -2.42. The van der Waals surface area contributed by atoms with Crippen LogP contribution in [0, 0.1) is 13.8 Å². The Morgan fingerprint density at radius 3 is 2.50 bits per heavy atom. The van der Waals surface area contributed by atoms with Crippen LogP contribution in [0.2, 0.25) is 0 Å². The van der Waals surface area contributed by atoms with Gasteiger partial charge in [0.15, 0.2) is 0 Å². The first-order valence-electron chi connectivity index (χ1n) is 10.8. The van der Waals surface area contributed by atoms with Gasteiger partial charge >= 0.3 is 0 Å². The number of hydrogen-bond donors (Lipinski definition) is 1. The molecule has 0 aromatic heterocycles. The highest BCUT2D eigenvalue weighted by Gasteiger charge is 2.27. The van der Waals surface area contributed by atoms with Gasteiger partial charge in [-0.1, -0.05) is 18.2 Å². The number of aryl methyl sites for hydroxylation is 3. The Labute approximate surface area is 190 Å². The van der Waals surface area contributed by atoms with Crippen molar-refractivity contribution in [2.45, 2.75) is 44.6 Å². The van der Waals surface area contributed by atoms with Crippen LogP contribution in [0.5, 0.6) is 5.75 Å². The molecule has 3 rings (SSSR count). The number of benzene rings is 2. The molecule has 1 aliphatic rings. The van der Waals surface area contributed by atoms with Gasteiger partial charge in [-0.2, -0.15) is 4.31 Å². The van der Waals surface area contributed by atoms with Crippen molar-refractivity contribution in [3.8, 4) is 5.75 Å². The van der Waals surface area contributed by atoms with Crippen LogP contribution in [0.1, 0.15) is 41.6 Å². The van der Waals surface area contributed by atoms with Gasteiger partial charge in [0.1, 0.15) is 5.75 Å². The van der Waals surface area contributed by atoms with E-state index >= 15 is 0 Å². The number of ether oxygens (including phenoxy) is 2. The van der Waals surface area contributed by atoms with E-state index in [-0.39, 0.29) is 23.3 Å². The van der Waals surface area contributed by atoms with Gasteiger partial charge in [0.2, 0.25) is 15.9 Å². The molecule has 0 radical (unpaired) electrons. The number of methoxy groups -OCH3 is 1. The standard InChI is InChI=1S/C24H32N2O5S/c1-17-5-6-20(15-18(17)2)19(3)25-24(27)10-7-21-16-22(8-9-23(21)30-4)32(28,29)26-11-13-31-14-12-26/h5-6,8-9,15-16,19H,7,10-14H2,1-4H3,(H,25,27)/t19-/m1/s1. The first kappa shape index (κ1) is 24.2. The molecular formula is C24H32N2O5S. The van der Waals surface area contributed by atoms with E-state index in [4.69, 9.17) is 9.47 Å². The van der Waals surface area contributed by atoms with Crippen molar-refractivity contribution in [3.05, 3.63) is 58.7 Å². The van der Waals surface area contributed by atoms with Crippen LogP contribution in [0.3, 0.4) is 0 Å². The van der Waals surface area contributed by atoms with Crippen molar-refractivity contribution in [1.82, 2.24) is 9.62 Å². The Morgan fingerprint density at radius 1 is 1.12 bits per heavy atom. The number of sulfonamides is 1. The molecule has 0 spiro atoms. The highest BCUT2D eigenvalue weighted by molar-refractivity contribution is 7.89. The molecule has 0 unspecified atom stereocenters. The van der Waals surface area contributed by atoms with Crippen molar-refractivity contribution < 1.29 is 22.7 Å². The zero-order valence-electron chi connectivity index (χ0n) is 19.2. The van der Waals surface area contributed by atoms with Crippen LogP contribution in [0.25, 0.3) is 0 Å². The van der Waals surface area contributed by atoms with Crippen LogP contribution < -0.4 is 10.1 Å². The van der Waals surface area contributed by atoms with Gasteiger partial charge in [-0.05, 0) is 67.6 Å². The van der Waals surface area contributed by atoms with Crippen LogP contribution >= 0.6 is 0 Å². The molecule has 1 saturated heterocycles. The lowest BCUT2D eigenvalue weighted by atomic mass is 10.0. The van der Waals surface area contributed by atoms with Crippen molar-refractivity contribution in [3.63, 3.8) is 0 Å². The molecule has 32 heavy (non-hydrogen) atoms. The van der Waals surface area contributed by atoms with Crippen LogP contribution in [-0.4, -0.2) is 52.0 Å². The number of carbonyl (C=O) groups excluding carboxylic acids is 1. The topological polar surface area (TPSA) is 84.9 Å². The van der Waals surface area contributed by atoms with E-state index in [0.29, 0.717) is 44.0 Å². The summed E-state index contributed by atoms with van der Waals surface area (Å²) in [6.45, 7) is 7.52. The van der Waals surface area contributed by atoms with Crippen LogP contribution in [0.4, 0.5) is 0 Å². The lowest BCUT2D eigenvalue weighted by Crippen LogP contribution is -2.40. The zero-order valence-corrected chi connectivity index (χ0v) is 20.0. The Morgan fingerprint density at radius 2 is 1.84 bits per heavy atom. The fraction of sp³-hybridized carbons (Fsp3) is 0.458. The molecule has 0 bridgehead atoms. The molecule has 1 N–H and O–H groups in total. The second-order valence-electron chi connectivity index (χ2n) is 8.12. The predicted octanol–water partition coefficient (Wildman–Crippen LogP) is 3.14. The molecule has 0 saturated carbocycles. The minimum atomic E-state index is -3.61. The van der Waals surface area contributed by atoms with Gasteiger partial charge in [-0.3, -0.25) is 4.79 Å². The van der Waals surface area contributed by atoms with E-state index < -0.39 is 10.0 Å². The highest BCUT2D eigenvalue weighted by Crippen LogP contribution is 2.26. The number of nitrogens with zero attached hydrogens (tertiary/aromatic N) is 1. The summed E-state index contributed by atoms with van der Waals surface area (Å²) in [5.74, 6) is 0.472. The first-order chi connectivity index (χ1) is 15.2. The fourth-order valence-electron chi connectivity index (χ4n) is 3.73. The second kappa shape index (κ2) is 10.5. The number of amides is 1. The van der Waals surface area contributed by atoms with E-state index in [2.05, 4.69) is 31.3 Å². The fourth-order valence-corrected chi connectivity index (χ4v) is 5.19. The smallest absolute Gasteiger partial charge is 0.243 e. The predicted molar refractivity (Wildman–Crippen MR) is 123 cm³/mol. The Kier molecular flexibility index (Phi) is 7.92. The SMILES string of the molecule is COc1ccc(S(=O)(=O)N2CCOCC2)cc1CCC(=O)N[C@H](C)c1ccc(C)c(C)c1. The van der Waals surface area contributed by atoms with Crippen LogP contribution in [-0.2, 0) is 26.0 Å². The molecule has 0 aliphatic carbocycles. The number of hydrogen-bond acceptors (Lipinski definition) is 5. The summed E-state index contributed by atoms with van der Waals surface area (Å²) in [6.07, 6.45) is 0.605. The summed E-state index contributed by atoms with van der Waals surface area (Å²) in [6, 6.07) is 10.9. The van der Waals surface area contributed by atoms with E-state index in [1.807, 2.05) is 13.0 Å². The normalized spacial score (nSPS) is 15.9. The third kappa shape index (κ3) is 5.68. The van der Waals surface area contributed by atoms with Crippen molar-refractivity contribution in [1.29, 1.82) is 0 Å². The van der Waals surface area contributed by atoms with E-state index in [1.54, 1.807) is 18.2 Å². The summed E-state index contributed by atoms with van der Waals surface area (Å²) in [5.41, 5.74) is 4.14. The van der Waals surface area contributed by atoms with Gasteiger partial charge in [-0.15, -0.1) is 0 Å². The monoisotopic (exact) mass is 460 g/mol. The minimum absolute atomic E-state index is 0.0979. The molecule has 1 fully saturated rings. The van der Waals surface area contributed by atoms with E-state index in [1.165, 1.54) is 22.5 Å². The van der Waals surface area contributed by atoms with E-state index in [9.17, 15) is 13.2 Å². The largest absolute Gasteiger partial charge is 0.496 e. The van der Waals surface area contributed by atoms with Gasteiger partial charge in [0.05, 0.1) is 31.3 Å². The number of nitrogens with one attached hydrogen (secondary N) is 1. The summed E-state index contributed by atoms with van der Waals surface area (Å²) in [7, 11) is -2.07. The number of carbonyl (C=O) groups is 1. The third-order valence-electron chi connectivity index (χ3n) is 5.89. The zero-order chi connectivity index (χ0) is 23.3. The maximum atomic E-state index is 13.0. The lowest BCUT2D eigenvalue weighted by Gasteiger charge is -2.26. The first-order valence-corrected chi connectivity index (χ1v) is 12.3. The highest BCUT2D eigenvalue weighted by atomic mass is 32.2. The molecule has 1 amide bonds. The molecule has 1 atom stereocenters. The van der Waals surface area contributed by atoms with Gasteiger partial charge < -0.3 is 14.8 Å². The molecular weight excluding hydrogens is 428 g/mol. The average molecular weight is 461 g/mol. The summed E-state index contributed by atoms with van der Waals surface area (Å²) >= 11 is 0. The van der Waals surface area contributed by atoms with Gasteiger partial charge in [-0.25, -0.2) is 8.42 Å². The average Bonchev–Trinajstić information content (AvgIpc) is 2.79. The molecule has 7 nitrogen and oxygen atoms in total. The summed E-state index contributed by atoms with van der Waals surface area (Å²) in [4.78, 5) is 12.8. The molecule has 2 aromatic rings. The minimum Gasteiger partial charge on any atom is -0.496 e. The molecule has 8 heteroatoms. The van der Waals surface area contributed by atoms with Crippen molar-refractivity contribution in [2.75, 3.05) is 33.4 Å². The van der Waals surface area contributed by atoms with Crippen molar-refractivity contribution in [2.24, 2.45) is 0 Å². The van der Waals surface area contributed by atoms with Gasteiger partial charge in [0.25, 0.3) is 0 Å².